The Morgan fingerprint density at radius 2 is 1.94 bits per heavy atom. The number of carbonyl (C=O) groups excluding carboxylic acids is 1. The van der Waals surface area contributed by atoms with Crippen molar-refractivity contribution >= 4 is 11.6 Å². The first-order chi connectivity index (χ1) is 15.1. The normalized spacial score (nSPS) is 24.1. The predicted octanol–water partition coefficient (Wildman–Crippen LogP) is 3.39. The van der Waals surface area contributed by atoms with Crippen molar-refractivity contribution in [2.24, 2.45) is 11.8 Å². The van der Waals surface area contributed by atoms with E-state index in [0.29, 0.717) is 12.5 Å². The highest BCUT2D eigenvalue weighted by Gasteiger charge is 2.38. The summed E-state index contributed by atoms with van der Waals surface area (Å²) in [7, 11) is 0. The van der Waals surface area contributed by atoms with Gasteiger partial charge in [-0.2, -0.15) is 0 Å². The van der Waals surface area contributed by atoms with Crippen LogP contribution in [0.3, 0.4) is 0 Å². The second kappa shape index (κ2) is 8.34. The first kappa shape index (κ1) is 20.1. The fraction of sp³-hybridized carbons (Fsp3) is 0.522. The summed E-state index contributed by atoms with van der Waals surface area (Å²) in [5.74, 6) is 1.64. The van der Waals surface area contributed by atoms with Crippen LogP contribution in [-0.4, -0.2) is 42.1 Å². The zero-order valence-corrected chi connectivity index (χ0v) is 18.1. The average Bonchev–Trinajstić information content (AvgIpc) is 3.44. The molecule has 0 bridgehead atoms. The Hall–Kier alpha value is -2.87. The Bertz CT molecular complexity index is 1070. The molecule has 1 amide bonds. The molecule has 0 aromatic carbocycles. The molecule has 1 atom stereocenters. The quantitative estimate of drug-likeness (QED) is 0.643. The number of pyridine rings is 1. The van der Waals surface area contributed by atoms with Gasteiger partial charge >= 0.3 is 0 Å². The van der Waals surface area contributed by atoms with Crippen molar-refractivity contribution in [2.75, 3.05) is 6.61 Å². The number of hydroxylamine groups is 2. The summed E-state index contributed by atoms with van der Waals surface area (Å²) < 4.78 is 2.13. The summed E-state index contributed by atoms with van der Waals surface area (Å²) in [4.78, 5) is 27.4. The van der Waals surface area contributed by atoms with Crippen LogP contribution in [0.5, 0.6) is 0 Å². The van der Waals surface area contributed by atoms with E-state index < -0.39 is 0 Å². The van der Waals surface area contributed by atoms with Gasteiger partial charge in [-0.25, -0.2) is 5.06 Å². The smallest absolute Gasteiger partial charge is 0.249 e. The maximum absolute atomic E-state index is 13.2. The lowest BCUT2D eigenvalue weighted by molar-refractivity contribution is -0.183. The number of fused-ring (bicyclic) bond motifs is 1. The van der Waals surface area contributed by atoms with Gasteiger partial charge in [0.2, 0.25) is 5.91 Å². The minimum absolute atomic E-state index is 0.0252. The molecule has 1 aliphatic heterocycles. The van der Waals surface area contributed by atoms with Crippen molar-refractivity contribution in [1.82, 2.24) is 29.6 Å². The van der Waals surface area contributed by atoms with Gasteiger partial charge in [-0.3, -0.25) is 24.0 Å². The average molecular weight is 421 g/mol. The second-order valence-corrected chi connectivity index (χ2v) is 8.74. The van der Waals surface area contributed by atoms with Gasteiger partial charge in [0.25, 0.3) is 0 Å². The summed E-state index contributed by atoms with van der Waals surface area (Å²) in [5, 5.41) is 9.97. The summed E-state index contributed by atoms with van der Waals surface area (Å²) in [6.45, 7) is 4.68. The zero-order chi connectivity index (χ0) is 21.4. The van der Waals surface area contributed by atoms with Crippen LogP contribution in [0, 0.1) is 25.7 Å². The molecule has 3 aromatic heterocycles. The molecular formula is C23H28N6O2. The topological polar surface area (TPSA) is 85.5 Å². The number of nitrogens with zero attached hydrogens (tertiary/aromatic N) is 6. The van der Waals surface area contributed by atoms with E-state index >= 15 is 0 Å². The number of hydrogen-bond acceptors (Lipinski definition) is 6. The third-order valence-corrected chi connectivity index (χ3v) is 6.83. The van der Waals surface area contributed by atoms with E-state index in [0.717, 1.165) is 55.7 Å². The molecule has 0 unspecified atom stereocenters. The molecule has 0 N–H and O–H groups in total. The van der Waals surface area contributed by atoms with Crippen molar-refractivity contribution in [1.29, 1.82) is 0 Å². The van der Waals surface area contributed by atoms with E-state index in [2.05, 4.69) is 43.6 Å². The van der Waals surface area contributed by atoms with Gasteiger partial charge in [-0.1, -0.05) is 6.07 Å². The third kappa shape index (κ3) is 3.80. The van der Waals surface area contributed by atoms with Crippen LogP contribution < -0.4 is 0 Å². The van der Waals surface area contributed by atoms with Crippen LogP contribution >= 0.6 is 0 Å². The Balaban J connectivity index is 1.22. The van der Waals surface area contributed by atoms with E-state index in [4.69, 9.17) is 4.84 Å². The minimum atomic E-state index is -0.125. The van der Waals surface area contributed by atoms with E-state index in [1.165, 1.54) is 11.3 Å². The Morgan fingerprint density at radius 3 is 2.71 bits per heavy atom. The molecule has 0 spiro atoms. The summed E-state index contributed by atoms with van der Waals surface area (Å²) in [6.07, 6.45) is 10.8. The Morgan fingerprint density at radius 1 is 1.10 bits per heavy atom. The van der Waals surface area contributed by atoms with Gasteiger partial charge in [-0.05, 0) is 63.5 Å². The summed E-state index contributed by atoms with van der Waals surface area (Å²) in [5.41, 5.74) is 4.26. The van der Waals surface area contributed by atoms with Gasteiger partial charge in [-0.15, -0.1) is 10.2 Å². The number of amides is 1. The fourth-order valence-electron chi connectivity index (χ4n) is 5.10. The standard InChI is InChI=1S/C23H28N6O2/c1-15-19(7-8-22-27-26-16(2)28(15)22)13-17-3-5-18(6-4-17)23(30)29-21(9-12-31-29)20-14-24-10-11-25-20/h7-8,10-11,14,17-18,21H,3-6,9,12-13H2,1-2H3/t17-,18-,21-/m0/s1. The van der Waals surface area contributed by atoms with Crippen LogP contribution in [0.2, 0.25) is 0 Å². The zero-order valence-electron chi connectivity index (χ0n) is 18.1. The predicted molar refractivity (Wildman–Crippen MR) is 114 cm³/mol. The van der Waals surface area contributed by atoms with Crippen LogP contribution in [0.15, 0.2) is 30.7 Å². The fourth-order valence-corrected chi connectivity index (χ4v) is 5.10. The minimum Gasteiger partial charge on any atom is -0.284 e. The van der Waals surface area contributed by atoms with Crippen molar-refractivity contribution in [2.45, 2.75) is 58.4 Å². The van der Waals surface area contributed by atoms with Gasteiger partial charge in [0, 0.05) is 30.4 Å². The molecule has 1 saturated carbocycles. The van der Waals surface area contributed by atoms with Crippen molar-refractivity contribution in [3.05, 3.63) is 53.5 Å². The molecule has 5 rings (SSSR count). The van der Waals surface area contributed by atoms with E-state index in [1.807, 2.05) is 6.92 Å². The molecule has 2 fully saturated rings. The van der Waals surface area contributed by atoms with E-state index in [1.54, 1.807) is 23.7 Å². The molecule has 3 aromatic rings. The van der Waals surface area contributed by atoms with E-state index in [9.17, 15) is 4.79 Å². The van der Waals surface area contributed by atoms with E-state index in [-0.39, 0.29) is 17.9 Å². The molecule has 8 heteroatoms. The molecule has 8 nitrogen and oxygen atoms in total. The highest BCUT2D eigenvalue weighted by Crippen LogP contribution is 2.36. The lowest BCUT2D eigenvalue weighted by Crippen LogP contribution is -2.37. The Labute approximate surface area is 181 Å². The number of aromatic nitrogens is 5. The highest BCUT2D eigenvalue weighted by molar-refractivity contribution is 5.78. The number of hydrogen-bond donors (Lipinski definition) is 0. The molecule has 31 heavy (non-hydrogen) atoms. The van der Waals surface area contributed by atoms with Gasteiger partial charge in [0.05, 0.1) is 18.5 Å². The summed E-state index contributed by atoms with van der Waals surface area (Å²) in [6, 6.07) is 4.11. The lowest BCUT2D eigenvalue weighted by atomic mass is 9.78. The third-order valence-electron chi connectivity index (χ3n) is 6.83. The highest BCUT2D eigenvalue weighted by atomic mass is 16.7. The largest absolute Gasteiger partial charge is 0.284 e. The first-order valence-electron chi connectivity index (χ1n) is 11.1. The maximum atomic E-state index is 13.2. The molecule has 0 radical (unpaired) electrons. The molecular weight excluding hydrogens is 392 g/mol. The van der Waals surface area contributed by atoms with Crippen molar-refractivity contribution < 1.29 is 9.63 Å². The van der Waals surface area contributed by atoms with Crippen LogP contribution in [0.25, 0.3) is 5.65 Å². The summed E-state index contributed by atoms with van der Waals surface area (Å²) >= 11 is 0. The maximum Gasteiger partial charge on any atom is 0.249 e. The second-order valence-electron chi connectivity index (χ2n) is 8.74. The first-order valence-corrected chi connectivity index (χ1v) is 11.1. The SMILES string of the molecule is Cc1nnc2ccc(C[C@H]3CC[C@H](C(=O)N4OCC[C@H]4c4cnccn4)CC3)c(C)n12. The molecule has 1 aliphatic carbocycles. The molecule has 4 heterocycles. The Kier molecular flexibility index (Phi) is 5.40. The number of aryl methyl sites for hydroxylation is 2. The van der Waals surface area contributed by atoms with Gasteiger partial charge < -0.3 is 0 Å². The lowest BCUT2D eigenvalue weighted by Gasteiger charge is -2.32. The van der Waals surface area contributed by atoms with Crippen molar-refractivity contribution in [3.8, 4) is 0 Å². The molecule has 162 valence electrons. The van der Waals surface area contributed by atoms with Gasteiger partial charge in [0.15, 0.2) is 5.65 Å². The number of rotatable bonds is 4. The monoisotopic (exact) mass is 420 g/mol. The van der Waals surface area contributed by atoms with Crippen LogP contribution in [-0.2, 0) is 16.1 Å². The van der Waals surface area contributed by atoms with Crippen molar-refractivity contribution in [3.63, 3.8) is 0 Å². The molecule has 2 aliphatic rings. The van der Waals surface area contributed by atoms with Crippen LogP contribution in [0.1, 0.15) is 60.9 Å². The number of carbonyl (C=O) groups is 1. The van der Waals surface area contributed by atoms with Crippen LogP contribution in [0.4, 0.5) is 0 Å². The molecule has 1 saturated heterocycles. The van der Waals surface area contributed by atoms with Gasteiger partial charge in [0.1, 0.15) is 11.9 Å².